The van der Waals surface area contributed by atoms with Gasteiger partial charge in [0, 0.05) is 19.0 Å². The molecular formula is C10H17NO. The Hall–Kier alpha value is -0.340. The molecular weight excluding hydrogens is 150 g/mol. The number of nitrogens with one attached hydrogen (secondary N) is 1. The molecule has 0 aromatic heterocycles. The monoisotopic (exact) mass is 167 g/mol. The molecule has 12 heavy (non-hydrogen) atoms. The molecule has 1 aliphatic heterocycles. The first-order chi connectivity index (χ1) is 5.71. The Balaban J connectivity index is 2.05. The van der Waals surface area contributed by atoms with Crippen molar-refractivity contribution in [3.8, 4) is 0 Å². The molecule has 0 aromatic rings. The molecule has 0 bridgehead atoms. The lowest BCUT2D eigenvalue weighted by atomic mass is 9.75. The van der Waals surface area contributed by atoms with Crippen LogP contribution in [0.4, 0.5) is 0 Å². The van der Waals surface area contributed by atoms with Crippen molar-refractivity contribution in [1.82, 2.24) is 5.32 Å². The lowest BCUT2D eigenvalue weighted by molar-refractivity contribution is -0.0113. The lowest BCUT2D eigenvalue weighted by Crippen LogP contribution is -2.55. The Morgan fingerprint density at radius 1 is 1.50 bits per heavy atom. The summed E-state index contributed by atoms with van der Waals surface area (Å²) in [6.45, 7) is 4.17. The normalized spacial score (nSPS) is 42.7. The molecule has 1 saturated heterocycles. The maximum absolute atomic E-state index is 10.2. The molecule has 0 spiro atoms. The van der Waals surface area contributed by atoms with Crippen molar-refractivity contribution in [2.75, 3.05) is 13.1 Å². The highest BCUT2D eigenvalue weighted by atomic mass is 16.3. The van der Waals surface area contributed by atoms with E-state index in [-0.39, 0.29) is 0 Å². The first-order valence-corrected chi connectivity index (χ1v) is 4.83. The zero-order chi connectivity index (χ0) is 8.60. The Kier molecular flexibility index (Phi) is 1.97. The number of rotatable bonds is 1. The minimum Gasteiger partial charge on any atom is -0.385 e. The first-order valence-electron chi connectivity index (χ1n) is 4.83. The van der Waals surface area contributed by atoms with Gasteiger partial charge in [0.15, 0.2) is 0 Å². The van der Waals surface area contributed by atoms with E-state index in [9.17, 15) is 5.11 Å². The Morgan fingerprint density at radius 2 is 2.25 bits per heavy atom. The minimum absolute atomic E-state index is 0.459. The third-order valence-corrected chi connectivity index (χ3v) is 3.20. The summed E-state index contributed by atoms with van der Waals surface area (Å²) in [4.78, 5) is 0. The molecule has 2 aliphatic rings. The molecule has 1 heterocycles. The van der Waals surface area contributed by atoms with Crippen LogP contribution in [-0.2, 0) is 0 Å². The van der Waals surface area contributed by atoms with Gasteiger partial charge in [-0.1, -0.05) is 19.1 Å². The van der Waals surface area contributed by atoms with E-state index in [0.717, 1.165) is 25.9 Å². The highest BCUT2D eigenvalue weighted by Crippen LogP contribution is 2.33. The van der Waals surface area contributed by atoms with Crippen LogP contribution in [0.2, 0.25) is 0 Å². The van der Waals surface area contributed by atoms with E-state index < -0.39 is 5.60 Å². The van der Waals surface area contributed by atoms with Crippen molar-refractivity contribution in [3.05, 3.63) is 12.2 Å². The smallest absolute Gasteiger partial charge is 0.0880 e. The van der Waals surface area contributed by atoms with E-state index in [0.29, 0.717) is 11.8 Å². The summed E-state index contributed by atoms with van der Waals surface area (Å²) in [5, 5.41) is 13.4. The van der Waals surface area contributed by atoms with Crippen LogP contribution in [0.3, 0.4) is 0 Å². The van der Waals surface area contributed by atoms with Gasteiger partial charge in [-0.3, -0.25) is 0 Å². The van der Waals surface area contributed by atoms with Gasteiger partial charge in [-0.2, -0.15) is 0 Å². The zero-order valence-electron chi connectivity index (χ0n) is 7.59. The maximum Gasteiger partial charge on any atom is 0.0880 e. The summed E-state index contributed by atoms with van der Waals surface area (Å²) in [6, 6.07) is 0. The topological polar surface area (TPSA) is 32.3 Å². The largest absolute Gasteiger partial charge is 0.385 e. The van der Waals surface area contributed by atoms with Crippen LogP contribution < -0.4 is 5.32 Å². The van der Waals surface area contributed by atoms with Crippen molar-refractivity contribution < 1.29 is 5.11 Å². The molecule has 2 N–H and O–H groups in total. The van der Waals surface area contributed by atoms with Crippen LogP contribution in [0.15, 0.2) is 12.2 Å². The Morgan fingerprint density at radius 3 is 2.67 bits per heavy atom. The van der Waals surface area contributed by atoms with Crippen LogP contribution in [0, 0.1) is 11.8 Å². The molecule has 0 radical (unpaired) electrons. The van der Waals surface area contributed by atoms with E-state index in [4.69, 9.17) is 0 Å². The fourth-order valence-electron chi connectivity index (χ4n) is 1.95. The molecule has 2 nitrogen and oxygen atoms in total. The van der Waals surface area contributed by atoms with E-state index in [1.807, 2.05) is 6.08 Å². The molecule has 0 amide bonds. The fourth-order valence-corrected chi connectivity index (χ4v) is 1.95. The van der Waals surface area contributed by atoms with Gasteiger partial charge < -0.3 is 10.4 Å². The summed E-state index contributed by atoms with van der Waals surface area (Å²) < 4.78 is 0. The van der Waals surface area contributed by atoms with Gasteiger partial charge in [0.2, 0.25) is 0 Å². The minimum atomic E-state index is -0.488. The van der Waals surface area contributed by atoms with E-state index in [1.54, 1.807) is 0 Å². The predicted molar refractivity (Wildman–Crippen MR) is 48.8 cm³/mol. The highest BCUT2D eigenvalue weighted by Gasteiger charge is 2.39. The third kappa shape index (κ3) is 1.29. The SMILES string of the molecule is CC1C=CC(O)(C2CNC2)CC1. The van der Waals surface area contributed by atoms with Gasteiger partial charge in [-0.15, -0.1) is 0 Å². The van der Waals surface area contributed by atoms with Crippen LogP contribution in [0.25, 0.3) is 0 Å². The van der Waals surface area contributed by atoms with Crippen molar-refractivity contribution in [3.63, 3.8) is 0 Å². The van der Waals surface area contributed by atoms with Gasteiger partial charge in [-0.25, -0.2) is 0 Å². The second kappa shape index (κ2) is 2.86. The summed E-state index contributed by atoms with van der Waals surface area (Å²) in [6.07, 6.45) is 6.25. The van der Waals surface area contributed by atoms with Gasteiger partial charge in [0.1, 0.15) is 0 Å². The second-order valence-corrected chi connectivity index (χ2v) is 4.22. The van der Waals surface area contributed by atoms with Gasteiger partial charge >= 0.3 is 0 Å². The molecule has 1 aliphatic carbocycles. The maximum atomic E-state index is 10.2. The molecule has 2 heteroatoms. The van der Waals surface area contributed by atoms with Crippen LogP contribution in [0.1, 0.15) is 19.8 Å². The molecule has 0 saturated carbocycles. The summed E-state index contributed by atoms with van der Waals surface area (Å²) in [5.41, 5.74) is -0.488. The van der Waals surface area contributed by atoms with Gasteiger partial charge in [0.05, 0.1) is 5.60 Å². The zero-order valence-corrected chi connectivity index (χ0v) is 7.59. The first kappa shape index (κ1) is 8.27. The van der Waals surface area contributed by atoms with Crippen molar-refractivity contribution in [2.24, 2.45) is 11.8 Å². The molecule has 0 aromatic carbocycles. The van der Waals surface area contributed by atoms with Crippen LogP contribution in [0.5, 0.6) is 0 Å². The quantitative estimate of drug-likeness (QED) is 0.569. The van der Waals surface area contributed by atoms with Gasteiger partial charge in [-0.05, 0) is 18.8 Å². The number of allylic oxidation sites excluding steroid dienone is 1. The summed E-state index contributed by atoms with van der Waals surface area (Å²) >= 11 is 0. The van der Waals surface area contributed by atoms with Crippen LogP contribution in [-0.4, -0.2) is 23.8 Å². The molecule has 2 unspecified atom stereocenters. The second-order valence-electron chi connectivity index (χ2n) is 4.22. The van der Waals surface area contributed by atoms with E-state index >= 15 is 0 Å². The Labute approximate surface area is 73.7 Å². The number of hydrogen-bond acceptors (Lipinski definition) is 2. The van der Waals surface area contributed by atoms with E-state index in [2.05, 4.69) is 18.3 Å². The van der Waals surface area contributed by atoms with Crippen molar-refractivity contribution >= 4 is 0 Å². The number of hydrogen-bond donors (Lipinski definition) is 2. The average molecular weight is 167 g/mol. The van der Waals surface area contributed by atoms with Crippen molar-refractivity contribution in [1.29, 1.82) is 0 Å². The summed E-state index contributed by atoms with van der Waals surface area (Å²) in [7, 11) is 0. The van der Waals surface area contributed by atoms with E-state index in [1.165, 1.54) is 0 Å². The summed E-state index contributed by atoms with van der Waals surface area (Å²) in [5.74, 6) is 1.11. The molecule has 2 rings (SSSR count). The Bertz CT molecular complexity index is 198. The van der Waals surface area contributed by atoms with Crippen LogP contribution >= 0.6 is 0 Å². The average Bonchev–Trinajstić information content (AvgIpc) is 1.92. The third-order valence-electron chi connectivity index (χ3n) is 3.20. The predicted octanol–water partition coefficient (Wildman–Crippen LogP) is 0.923. The van der Waals surface area contributed by atoms with Gasteiger partial charge in [0.25, 0.3) is 0 Å². The lowest BCUT2D eigenvalue weighted by Gasteiger charge is -2.42. The standard InChI is InChI=1S/C10H17NO/c1-8-2-4-10(12,5-3-8)9-6-11-7-9/h2,4,8-9,11-12H,3,5-7H2,1H3. The molecule has 68 valence electrons. The highest BCUT2D eigenvalue weighted by molar-refractivity contribution is 5.12. The fraction of sp³-hybridized carbons (Fsp3) is 0.800. The molecule has 2 atom stereocenters. The molecule has 1 fully saturated rings. The number of aliphatic hydroxyl groups is 1. The van der Waals surface area contributed by atoms with Crippen molar-refractivity contribution in [2.45, 2.75) is 25.4 Å².